The highest BCUT2D eigenvalue weighted by Crippen LogP contribution is 2.30. The van der Waals surface area contributed by atoms with Crippen LogP contribution in [0.25, 0.3) is 0 Å². The lowest BCUT2D eigenvalue weighted by atomic mass is 9.88. The lowest BCUT2D eigenvalue weighted by Crippen LogP contribution is -2.51. The number of hydrogen-bond acceptors (Lipinski definition) is 4. The zero-order valence-corrected chi connectivity index (χ0v) is 14.4. The zero-order valence-electron chi connectivity index (χ0n) is 14.4. The van der Waals surface area contributed by atoms with E-state index in [2.05, 4.69) is 58.3 Å². The minimum atomic E-state index is -0.0827. The Morgan fingerprint density at radius 2 is 2.04 bits per heavy atom. The van der Waals surface area contributed by atoms with Gasteiger partial charge in [0.1, 0.15) is 6.04 Å². The van der Waals surface area contributed by atoms with Crippen molar-refractivity contribution < 1.29 is 4.79 Å². The molecular formula is C19H28N4O. The van der Waals surface area contributed by atoms with E-state index in [9.17, 15) is 4.79 Å². The van der Waals surface area contributed by atoms with Crippen molar-refractivity contribution >= 4 is 5.91 Å². The molecule has 24 heavy (non-hydrogen) atoms. The number of carbonyl (C=O) groups is 1. The van der Waals surface area contributed by atoms with E-state index >= 15 is 0 Å². The molecule has 0 aromatic heterocycles. The topological polar surface area (TPSA) is 56.4 Å². The van der Waals surface area contributed by atoms with Crippen LogP contribution in [0.2, 0.25) is 0 Å². The molecule has 3 aliphatic heterocycles. The number of nitrogens with zero attached hydrogens (tertiary/aromatic N) is 1. The smallest absolute Gasteiger partial charge is 0.241 e. The normalized spacial score (nSPS) is 35.9. The SMILES string of the molecule is CC1C(Cc2ccccc2)CCN1C(=O)C1NNC2CCNCC21. The van der Waals surface area contributed by atoms with Gasteiger partial charge in [-0.25, -0.2) is 5.43 Å². The Balaban J connectivity index is 1.40. The second-order valence-corrected chi connectivity index (χ2v) is 7.54. The van der Waals surface area contributed by atoms with Crippen molar-refractivity contribution in [3.63, 3.8) is 0 Å². The number of nitrogens with one attached hydrogen (secondary N) is 3. The summed E-state index contributed by atoms with van der Waals surface area (Å²) in [5.74, 6) is 1.21. The molecule has 0 saturated carbocycles. The minimum Gasteiger partial charge on any atom is -0.338 e. The van der Waals surface area contributed by atoms with Gasteiger partial charge in [-0.15, -0.1) is 0 Å². The van der Waals surface area contributed by atoms with Gasteiger partial charge in [-0.2, -0.15) is 0 Å². The number of hydrogen-bond donors (Lipinski definition) is 3. The summed E-state index contributed by atoms with van der Waals surface area (Å²) < 4.78 is 0. The fourth-order valence-corrected chi connectivity index (χ4v) is 4.64. The Morgan fingerprint density at radius 1 is 1.21 bits per heavy atom. The van der Waals surface area contributed by atoms with Crippen LogP contribution in [0, 0.1) is 11.8 Å². The van der Waals surface area contributed by atoms with Gasteiger partial charge in [-0.1, -0.05) is 30.3 Å². The van der Waals surface area contributed by atoms with Crippen LogP contribution in [-0.4, -0.2) is 48.6 Å². The Hall–Kier alpha value is -1.43. The molecule has 0 aliphatic carbocycles. The molecule has 5 heteroatoms. The molecule has 3 fully saturated rings. The first-order valence-corrected chi connectivity index (χ1v) is 9.30. The van der Waals surface area contributed by atoms with Gasteiger partial charge in [0.2, 0.25) is 5.91 Å². The summed E-state index contributed by atoms with van der Waals surface area (Å²) >= 11 is 0. The molecule has 0 bridgehead atoms. The molecular weight excluding hydrogens is 300 g/mol. The quantitative estimate of drug-likeness (QED) is 0.772. The number of hydrazine groups is 1. The lowest BCUT2D eigenvalue weighted by molar-refractivity contribution is -0.135. The second-order valence-electron chi connectivity index (χ2n) is 7.54. The molecule has 3 saturated heterocycles. The highest BCUT2D eigenvalue weighted by molar-refractivity contribution is 5.83. The van der Waals surface area contributed by atoms with E-state index in [1.54, 1.807) is 0 Å². The Kier molecular flexibility index (Phi) is 4.57. The summed E-state index contributed by atoms with van der Waals surface area (Å²) in [6, 6.07) is 11.3. The summed E-state index contributed by atoms with van der Waals surface area (Å²) in [7, 11) is 0. The highest BCUT2D eigenvalue weighted by Gasteiger charge is 2.45. The van der Waals surface area contributed by atoms with Gasteiger partial charge in [0.05, 0.1) is 0 Å². The van der Waals surface area contributed by atoms with Crippen LogP contribution in [0.5, 0.6) is 0 Å². The number of piperidine rings is 1. The molecule has 130 valence electrons. The van der Waals surface area contributed by atoms with Crippen LogP contribution >= 0.6 is 0 Å². The summed E-state index contributed by atoms with van der Waals surface area (Å²) in [6.45, 7) is 5.07. The molecule has 0 spiro atoms. The summed E-state index contributed by atoms with van der Waals surface area (Å²) in [5.41, 5.74) is 8.00. The van der Waals surface area contributed by atoms with Gasteiger partial charge in [0.15, 0.2) is 0 Å². The molecule has 1 aromatic carbocycles. The van der Waals surface area contributed by atoms with Crippen molar-refractivity contribution in [2.24, 2.45) is 11.8 Å². The Bertz CT molecular complexity index is 578. The van der Waals surface area contributed by atoms with Crippen molar-refractivity contribution in [2.75, 3.05) is 19.6 Å². The Morgan fingerprint density at radius 3 is 2.88 bits per heavy atom. The molecule has 4 rings (SSSR count). The van der Waals surface area contributed by atoms with Gasteiger partial charge >= 0.3 is 0 Å². The van der Waals surface area contributed by atoms with Gasteiger partial charge in [-0.05, 0) is 44.2 Å². The van der Waals surface area contributed by atoms with E-state index in [0.717, 1.165) is 38.9 Å². The number of carbonyl (C=O) groups excluding carboxylic acids is 1. The third-order valence-electron chi connectivity index (χ3n) is 6.19. The standard InChI is InChI=1S/C19H28N4O/c1-13-15(11-14-5-3-2-4-6-14)8-10-23(13)19(24)18-16-12-20-9-7-17(16)21-22-18/h2-6,13,15-18,20-22H,7-12H2,1H3. The van der Waals surface area contributed by atoms with E-state index in [4.69, 9.17) is 0 Å². The molecule has 5 atom stereocenters. The van der Waals surface area contributed by atoms with Crippen molar-refractivity contribution in [3.05, 3.63) is 35.9 Å². The second kappa shape index (κ2) is 6.82. The van der Waals surface area contributed by atoms with E-state index < -0.39 is 0 Å². The maximum Gasteiger partial charge on any atom is 0.241 e. The van der Waals surface area contributed by atoms with Crippen molar-refractivity contribution in [1.29, 1.82) is 0 Å². The van der Waals surface area contributed by atoms with Gasteiger partial charge in [0.25, 0.3) is 0 Å². The average molecular weight is 328 g/mol. The first-order valence-electron chi connectivity index (χ1n) is 9.30. The van der Waals surface area contributed by atoms with Crippen LogP contribution < -0.4 is 16.2 Å². The number of rotatable bonds is 3. The molecule has 0 radical (unpaired) electrons. The largest absolute Gasteiger partial charge is 0.338 e. The van der Waals surface area contributed by atoms with Crippen LogP contribution in [0.3, 0.4) is 0 Å². The molecule has 1 aromatic rings. The minimum absolute atomic E-state index is 0.0827. The molecule has 3 aliphatic rings. The highest BCUT2D eigenvalue weighted by atomic mass is 16.2. The number of benzene rings is 1. The third kappa shape index (κ3) is 2.96. The monoisotopic (exact) mass is 328 g/mol. The molecule has 5 nitrogen and oxygen atoms in total. The van der Waals surface area contributed by atoms with Crippen molar-refractivity contribution in [1.82, 2.24) is 21.1 Å². The Labute approximate surface area is 144 Å². The molecule has 5 unspecified atom stereocenters. The van der Waals surface area contributed by atoms with Crippen molar-refractivity contribution in [3.8, 4) is 0 Å². The summed E-state index contributed by atoms with van der Waals surface area (Å²) in [6.07, 6.45) is 3.26. The third-order valence-corrected chi connectivity index (χ3v) is 6.19. The predicted molar refractivity (Wildman–Crippen MR) is 94.3 cm³/mol. The fraction of sp³-hybridized carbons (Fsp3) is 0.632. The zero-order chi connectivity index (χ0) is 16.5. The van der Waals surface area contributed by atoms with Crippen LogP contribution in [-0.2, 0) is 11.2 Å². The van der Waals surface area contributed by atoms with Gasteiger partial charge < -0.3 is 10.2 Å². The summed E-state index contributed by atoms with van der Waals surface area (Å²) in [5, 5.41) is 3.43. The number of fused-ring (bicyclic) bond motifs is 1. The number of likely N-dealkylation sites (tertiary alicyclic amines) is 1. The van der Waals surface area contributed by atoms with Gasteiger partial charge in [0, 0.05) is 31.1 Å². The average Bonchev–Trinajstić information content (AvgIpc) is 3.20. The maximum atomic E-state index is 13.1. The van der Waals surface area contributed by atoms with Crippen LogP contribution in [0.15, 0.2) is 30.3 Å². The van der Waals surface area contributed by atoms with Crippen LogP contribution in [0.4, 0.5) is 0 Å². The summed E-state index contributed by atoms with van der Waals surface area (Å²) in [4.78, 5) is 15.2. The predicted octanol–water partition coefficient (Wildman–Crippen LogP) is 0.921. The van der Waals surface area contributed by atoms with E-state index in [1.807, 2.05) is 0 Å². The first-order chi connectivity index (χ1) is 11.7. The van der Waals surface area contributed by atoms with E-state index in [1.165, 1.54) is 5.56 Å². The van der Waals surface area contributed by atoms with Crippen LogP contribution in [0.1, 0.15) is 25.3 Å². The number of amides is 1. The van der Waals surface area contributed by atoms with E-state index in [-0.39, 0.29) is 11.9 Å². The van der Waals surface area contributed by atoms with E-state index in [0.29, 0.717) is 23.9 Å². The molecule has 3 N–H and O–H groups in total. The molecule has 1 amide bonds. The fourth-order valence-electron chi connectivity index (χ4n) is 4.64. The molecule has 3 heterocycles. The first kappa shape index (κ1) is 16.1. The van der Waals surface area contributed by atoms with Crippen molar-refractivity contribution in [2.45, 2.75) is 44.3 Å². The lowest BCUT2D eigenvalue weighted by Gasteiger charge is -2.32. The maximum absolute atomic E-state index is 13.1. The van der Waals surface area contributed by atoms with Gasteiger partial charge in [-0.3, -0.25) is 10.2 Å².